The monoisotopic (exact) mass is 286 g/mol. The Morgan fingerprint density at radius 1 is 1.42 bits per heavy atom. The molecule has 0 spiro atoms. The Morgan fingerprint density at radius 2 is 2.11 bits per heavy atom. The highest BCUT2D eigenvalue weighted by molar-refractivity contribution is 5.85. The fourth-order valence-corrected chi connectivity index (χ4v) is 1.77. The van der Waals surface area contributed by atoms with Crippen LogP contribution in [0, 0.1) is 0 Å². The number of halogens is 1. The predicted molar refractivity (Wildman–Crippen MR) is 80.5 cm³/mol. The summed E-state index contributed by atoms with van der Waals surface area (Å²) in [6, 6.07) is 7.73. The fourth-order valence-electron chi connectivity index (χ4n) is 1.77. The number of carbonyl (C=O) groups excluding carboxylic acids is 1. The molecule has 0 saturated heterocycles. The van der Waals surface area contributed by atoms with Gasteiger partial charge in [-0.1, -0.05) is 25.1 Å². The van der Waals surface area contributed by atoms with Crippen LogP contribution in [-0.2, 0) is 16.0 Å². The van der Waals surface area contributed by atoms with Gasteiger partial charge in [-0.15, -0.1) is 12.4 Å². The summed E-state index contributed by atoms with van der Waals surface area (Å²) in [7, 11) is 1.64. The summed E-state index contributed by atoms with van der Waals surface area (Å²) in [5.41, 5.74) is 7.60. The maximum absolute atomic E-state index is 11.8. The third-order valence-electron chi connectivity index (χ3n) is 2.90. The van der Waals surface area contributed by atoms with Crippen molar-refractivity contribution in [1.82, 2.24) is 5.32 Å². The summed E-state index contributed by atoms with van der Waals surface area (Å²) < 4.78 is 5.04. The standard InChI is InChI=1S/C14H22N2O2.ClH/c1-3-12(10-18-2)16-14(17)9-8-11-6-4-5-7-13(11)15;/h4-7,12H,3,8-10,15H2,1-2H3,(H,16,17);1H. The summed E-state index contributed by atoms with van der Waals surface area (Å²) in [5, 5.41) is 2.95. The molecule has 0 radical (unpaired) electrons. The molecule has 0 heterocycles. The van der Waals surface area contributed by atoms with Crippen LogP contribution < -0.4 is 11.1 Å². The van der Waals surface area contributed by atoms with E-state index < -0.39 is 0 Å². The summed E-state index contributed by atoms with van der Waals surface area (Å²) in [4.78, 5) is 11.8. The highest BCUT2D eigenvalue weighted by Gasteiger charge is 2.10. The first kappa shape index (κ1) is 17.7. The van der Waals surface area contributed by atoms with Crippen LogP contribution in [0.5, 0.6) is 0 Å². The zero-order valence-electron chi connectivity index (χ0n) is 11.5. The van der Waals surface area contributed by atoms with Gasteiger partial charge in [0, 0.05) is 19.2 Å². The van der Waals surface area contributed by atoms with E-state index in [-0.39, 0.29) is 24.4 Å². The number of anilines is 1. The van der Waals surface area contributed by atoms with Gasteiger partial charge in [-0.05, 0) is 24.5 Å². The molecule has 0 fully saturated rings. The lowest BCUT2D eigenvalue weighted by Crippen LogP contribution is -2.37. The molecule has 108 valence electrons. The summed E-state index contributed by atoms with van der Waals surface area (Å²) in [6.45, 7) is 2.58. The Bertz CT molecular complexity index is 385. The molecule has 0 saturated carbocycles. The lowest BCUT2D eigenvalue weighted by Gasteiger charge is -2.16. The van der Waals surface area contributed by atoms with Gasteiger partial charge >= 0.3 is 0 Å². The average Bonchev–Trinajstić information content (AvgIpc) is 2.37. The molecule has 1 unspecified atom stereocenters. The van der Waals surface area contributed by atoms with Gasteiger partial charge in [0.05, 0.1) is 12.6 Å². The molecule has 0 bridgehead atoms. The Labute approximate surface area is 121 Å². The van der Waals surface area contributed by atoms with Crippen LogP contribution >= 0.6 is 12.4 Å². The van der Waals surface area contributed by atoms with Gasteiger partial charge in [-0.3, -0.25) is 4.79 Å². The maximum Gasteiger partial charge on any atom is 0.220 e. The molecule has 4 nitrogen and oxygen atoms in total. The van der Waals surface area contributed by atoms with Gasteiger partial charge in [0.2, 0.25) is 5.91 Å². The Morgan fingerprint density at radius 3 is 2.68 bits per heavy atom. The van der Waals surface area contributed by atoms with E-state index in [2.05, 4.69) is 5.32 Å². The lowest BCUT2D eigenvalue weighted by atomic mass is 10.1. The first-order valence-electron chi connectivity index (χ1n) is 6.29. The maximum atomic E-state index is 11.8. The summed E-state index contributed by atoms with van der Waals surface area (Å²) in [6.07, 6.45) is 1.99. The normalized spacial score (nSPS) is 11.5. The number of hydrogen-bond acceptors (Lipinski definition) is 3. The average molecular weight is 287 g/mol. The number of nitrogen functional groups attached to an aromatic ring is 1. The largest absolute Gasteiger partial charge is 0.399 e. The second-order valence-corrected chi connectivity index (χ2v) is 4.33. The number of ether oxygens (including phenoxy) is 1. The third kappa shape index (κ3) is 6.45. The van der Waals surface area contributed by atoms with Crippen LogP contribution in [0.3, 0.4) is 0 Å². The number of benzene rings is 1. The van der Waals surface area contributed by atoms with Crippen molar-refractivity contribution in [3.63, 3.8) is 0 Å². The molecule has 1 aromatic rings. The van der Waals surface area contributed by atoms with Crippen molar-refractivity contribution in [2.45, 2.75) is 32.2 Å². The van der Waals surface area contributed by atoms with Crippen molar-refractivity contribution in [3.8, 4) is 0 Å². The quantitative estimate of drug-likeness (QED) is 0.755. The number of para-hydroxylation sites is 1. The Kier molecular flexibility index (Phi) is 9.00. The van der Waals surface area contributed by atoms with Crippen molar-refractivity contribution in [3.05, 3.63) is 29.8 Å². The van der Waals surface area contributed by atoms with Crippen LogP contribution in [0.25, 0.3) is 0 Å². The second-order valence-electron chi connectivity index (χ2n) is 4.33. The minimum Gasteiger partial charge on any atom is -0.399 e. The van der Waals surface area contributed by atoms with Crippen LogP contribution in [0.4, 0.5) is 5.69 Å². The highest BCUT2D eigenvalue weighted by Crippen LogP contribution is 2.12. The summed E-state index contributed by atoms with van der Waals surface area (Å²) >= 11 is 0. The number of rotatable bonds is 7. The first-order valence-corrected chi connectivity index (χ1v) is 6.29. The second kappa shape index (κ2) is 9.64. The first-order chi connectivity index (χ1) is 8.67. The van der Waals surface area contributed by atoms with E-state index in [0.717, 1.165) is 17.7 Å². The van der Waals surface area contributed by atoms with Crippen LogP contribution in [-0.4, -0.2) is 25.7 Å². The molecule has 3 N–H and O–H groups in total. The third-order valence-corrected chi connectivity index (χ3v) is 2.90. The van der Waals surface area contributed by atoms with E-state index in [1.54, 1.807) is 7.11 Å². The molecule has 0 aliphatic heterocycles. The van der Waals surface area contributed by atoms with Gasteiger partial charge in [-0.25, -0.2) is 0 Å². The summed E-state index contributed by atoms with van der Waals surface area (Å²) in [5.74, 6) is 0.0437. The molecule has 1 atom stereocenters. The van der Waals surface area contributed by atoms with Crippen molar-refractivity contribution in [1.29, 1.82) is 0 Å². The van der Waals surface area contributed by atoms with Crippen molar-refractivity contribution < 1.29 is 9.53 Å². The zero-order chi connectivity index (χ0) is 13.4. The number of nitrogens with two attached hydrogens (primary N) is 1. The number of nitrogens with one attached hydrogen (secondary N) is 1. The molecule has 0 aromatic heterocycles. The molecule has 1 aromatic carbocycles. The predicted octanol–water partition coefficient (Wildman–Crippen LogP) is 2.16. The minimum atomic E-state index is 0. The molecule has 1 rings (SSSR count). The smallest absolute Gasteiger partial charge is 0.220 e. The van der Waals surface area contributed by atoms with E-state index in [4.69, 9.17) is 10.5 Å². The molecule has 0 aliphatic rings. The van der Waals surface area contributed by atoms with Gasteiger partial charge in [0.25, 0.3) is 0 Å². The van der Waals surface area contributed by atoms with Crippen LogP contribution in [0.1, 0.15) is 25.3 Å². The number of methoxy groups -OCH3 is 1. The Balaban J connectivity index is 0.00000324. The van der Waals surface area contributed by atoms with E-state index in [1.165, 1.54) is 0 Å². The molecular formula is C14H23ClN2O2. The lowest BCUT2D eigenvalue weighted by molar-refractivity contribution is -0.122. The molecule has 19 heavy (non-hydrogen) atoms. The number of hydrogen-bond donors (Lipinski definition) is 2. The van der Waals surface area contributed by atoms with E-state index in [1.807, 2.05) is 31.2 Å². The van der Waals surface area contributed by atoms with Crippen molar-refractivity contribution in [2.75, 3.05) is 19.5 Å². The van der Waals surface area contributed by atoms with Crippen molar-refractivity contribution in [2.24, 2.45) is 0 Å². The SMILES string of the molecule is CCC(COC)NC(=O)CCc1ccccc1N.Cl. The van der Waals surface area contributed by atoms with E-state index in [9.17, 15) is 4.79 Å². The topological polar surface area (TPSA) is 64.3 Å². The highest BCUT2D eigenvalue weighted by atomic mass is 35.5. The van der Waals surface area contributed by atoms with Gasteiger partial charge in [-0.2, -0.15) is 0 Å². The Hall–Kier alpha value is -1.26. The van der Waals surface area contributed by atoms with E-state index in [0.29, 0.717) is 19.4 Å². The molecule has 1 amide bonds. The van der Waals surface area contributed by atoms with Crippen molar-refractivity contribution >= 4 is 24.0 Å². The van der Waals surface area contributed by atoms with E-state index >= 15 is 0 Å². The zero-order valence-corrected chi connectivity index (χ0v) is 12.3. The van der Waals surface area contributed by atoms with Gasteiger partial charge in [0.15, 0.2) is 0 Å². The van der Waals surface area contributed by atoms with Gasteiger partial charge in [0.1, 0.15) is 0 Å². The molecular weight excluding hydrogens is 264 g/mol. The van der Waals surface area contributed by atoms with Gasteiger partial charge < -0.3 is 15.8 Å². The molecule has 5 heteroatoms. The fraction of sp³-hybridized carbons (Fsp3) is 0.500. The number of aryl methyl sites for hydroxylation is 1. The molecule has 0 aliphatic carbocycles. The number of carbonyl (C=O) groups is 1. The minimum absolute atomic E-state index is 0. The number of amides is 1. The van der Waals surface area contributed by atoms with Crippen LogP contribution in [0.2, 0.25) is 0 Å². The van der Waals surface area contributed by atoms with Crippen LogP contribution in [0.15, 0.2) is 24.3 Å².